The highest BCUT2D eigenvalue weighted by Gasteiger charge is 2.11. The zero-order chi connectivity index (χ0) is 9.59. The number of hydrogen-bond donors (Lipinski definition) is 1. The Balaban J connectivity index is 3.03. The van der Waals surface area contributed by atoms with E-state index in [0.717, 1.165) is 6.07 Å². The van der Waals surface area contributed by atoms with E-state index >= 15 is 0 Å². The highest BCUT2D eigenvalue weighted by molar-refractivity contribution is 5.75. The van der Waals surface area contributed by atoms with Crippen LogP contribution in [0.1, 0.15) is 0 Å². The summed E-state index contributed by atoms with van der Waals surface area (Å²) in [6.07, 6.45) is 0. The van der Waals surface area contributed by atoms with Crippen molar-refractivity contribution in [2.75, 3.05) is 0 Å². The fourth-order valence-electron chi connectivity index (χ4n) is 1.24. The predicted molar refractivity (Wildman–Crippen MR) is 43.5 cm³/mol. The average molecular weight is 184 g/mol. The van der Waals surface area contributed by atoms with Gasteiger partial charge in [0.05, 0.1) is 5.52 Å². The third-order valence-electron chi connectivity index (χ3n) is 1.97. The number of halogens is 2. The second-order valence-corrected chi connectivity index (χ2v) is 2.74. The van der Waals surface area contributed by atoms with Crippen molar-refractivity contribution in [1.29, 1.82) is 0 Å². The molecule has 1 aromatic carbocycles. The van der Waals surface area contributed by atoms with Gasteiger partial charge in [-0.3, -0.25) is 4.57 Å². The number of hydrogen-bond acceptors (Lipinski definition) is 1. The monoisotopic (exact) mass is 184 g/mol. The van der Waals surface area contributed by atoms with Crippen molar-refractivity contribution in [2.45, 2.75) is 0 Å². The summed E-state index contributed by atoms with van der Waals surface area (Å²) in [6, 6.07) is 2.34. The van der Waals surface area contributed by atoms with Gasteiger partial charge in [0.25, 0.3) is 0 Å². The van der Waals surface area contributed by atoms with Crippen LogP contribution in [-0.2, 0) is 7.05 Å². The third kappa shape index (κ3) is 0.965. The van der Waals surface area contributed by atoms with Crippen LogP contribution >= 0.6 is 0 Å². The molecule has 0 unspecified atom stereocenters. The zero-order valence-corrected chi connectivity index (χ0v) is 6.77. The first-order valence-electron chi connectivity index (χ1n) is 3.64. The fraction of sp³-hybridized carbons (Fsp3) is 0.125. The van der Waals surface area contributed by atoms with Crippen LogP contribution in [0.5, 0.6) is 0 Å². The molecule has 0 aliphatic rings. The Morgan fingerprint density at radius 1 is 1.38 bits per heavy atom. The van der Waals surface area contributed by atoms with E-state index in [4.69, 9.17) is 0 Å². The molecule has 0 spiro atoms. The molecule has 1 heterocycles. The summed E-state index contributed by atoms with van der Waals surface area (Å²) in [5.74, 6) is -1.98. The smallest absolute Gasteiger partial charge is 0.303 e. The first-order chi connectivity index (χ1) is 6.11. The van der Waals surface area contributed by atoms with Crippen molar-refractivity contribution in [3.63, 3.8) is 0 Å². The standard InChI is InChI=1S/C8H6F2N2O/c1-12-5-3-2-4(9)6(10)7(5)11-8(12)13/h2-3H,1H3,(H,11,13). The lowest BCUT2D eigenvalue weighted by Crippen LogP contribution is -2.11. The molecule has 0 atom stereocenters. The first-order valence-corrected chi connectivity index (χ1v) is 3.64. The van der Waals surface area contributed by atoms with Crippen LogP contribution in [0.3, 0.4) is 0 Å². The SMILES string of the molecule is Cn1c(=O)[nH]c2c(F)c(F)ccc21. The van der Waals surface area contributed by atoms with Gasteiger partial charge in [-0.25, -0.2) is 13.6 Å². The van der Waals surface area contributed by atoms with Crippen LogP contribution in [0.25, 0.3) is 11.0 Å². The van der Waals surface area contributed by atoms with Gasteiger partial charge < -0.3 is 4.98 Å². The lowest BCUT2D eigenvalue weighted by atomic mass is 10.3. The van der Waals surface area contributed by atoms with E-state index in [0.29, 0.717) is 5.52 Å². The molecule has 0 aliphatic heterocycles. The molecule has 1 N–H and O–H groups in total. The largest absolute Gasteiger partial charge is 0.326 e. The van der Waals surface area contributed by atoms with E-state index in [1.807, 2.05) is 0 Å². The number of aromatic nitrogens is 2. The molecular weight excluding hydrogens is 178 g/mol. The van der Waals surface area contributed by atoms with Gasteiger partial charge in [0.1, 0.15) is 5.52 Å². The Morgan fingerprint density at radius 2 is 2.08 bits per heavy atom. The Morgan fingerprint density at radius 3 is 2.77 bits per heavy atom. The Labute approximate surface area is 71.6 Å². The topological polar surface area (TPSA) is 37.8 Å². The van der Waals surface area contributed by atoms with E-state index in [2.05, 4.69) is 4.98 Å². The number of imidazole rings is 1. The molecule has 2 rings (SSSR count). The highest BCUT2D eigenvalue weighted by Crippen LogP contribution is 2.15. The van der Waals surface area contributed by atoms with Crippen LogP contribution in [-0.4, -0.2) is 9.55 Å². The van der Waals surface area contributed by atoms with Gasteiger partial charge in [-0.1, -0.05) is 0 Å². The maximum atomic E-state index is 13.0. The molecule has 0 amide bonds. The third-order valence-corrected chi connectivity index (χ3v) is 1.97. The summed E-state index contributed by atoms with van der Waals surface area (Å²) in [5, 5.41) is 0. The summed E-state index contributed by atoms with van der Waals surface area (Å²) < 4.78 is 26.9. The molecule has 0 radical (unpaired) electrons. The zero-order valence-electron chi connectivity index (χ0n) is 6.77. The van der Waals surface area contributed by atoms with E-state index in [9.17, 15) is 13.6 Å². The number of rotatable bonds is 0. The number of H-pyrrole nitrogens is 1. The number of benzene rings is 1. The molecule has 0 fully saturated rings. The van der Waals surface area contributed by atoms with E-state index in [1.54, 1.807) is 0 Å². The number of nitrogens with one attached hydrogen (secondary N) is 1. The molecule has 1 aromatic heterocycles. The number of fused-ring (bicyclic) bond motifs is 1. The van der Waals surface area contributed by atoms with Gasteiger partial charge in [-0.15, -0.1) is 0 Å². The fourth-order valence-corrected chi connectivity index (χ4v) is 1.24. The normalized spacial score (nSPS) is 11.0. The second-order valence-electron chi connectivity index (χ2n) is 2.74. The van der Waals surface area contributed by atoms with Gasteiger partial charge in [0.2, 0.25) is 0 Å². The maximum absolute atomic E-state index is 13.0. The average Bonchev–Trinajstić information content (AvgIpc) is 2.38. The van der Waals surface area contributed by atoms with Crippen molar-refractivity contribution < 1.29 is 8.78 Å². The lowest BCUT2D eigenvalue weighted by Gasteiger charge is -1.94. The second kappa shape index (κ2) is 2.42. The molecule has 0 aliphatic carbocycles. The quantitative estimate of drug-likeness (QED) is 0.655. The number of aryl methyl sites for hydroxylation is 1. The summed E-state index contributed by atoms with van der Waals surface area (Å²) >= 11 is 0. The van der Waals surface area contributed by atoms with Gasteiger partial charge in [0, 0.05) is 7.05 Å². The molecule has 2 aromatic rings. The van der Waals surface area contributed by atoms with Crippen LogP contribution in [0.15, 0.2) is 16.9 Å². The Kier molecular flexibility index (Phi) is 1.48. The predicted octanol–water partition coefficient (Wildman–Crippen LogP) is 1.14. The summed E-state index contributed by atoms with van der Waals surface area (Å²) in [7, 11) is 1.48. The minimum atomic E-state index is -1.02. The summed E-state index contributed by atoms with van der Waals surface area (Å²) in [5.41, 5.74) is -0.198. The van der Waals surface area contributed by atoms with Crippen LogP contribution in [0.2, 0.25) is 0 Å². The first kappa shape index (κ1) is 7.97. The van der Waals surface area contributed by atoms with Crippen molar-refractivity contribution in [2.24, 2.45) is 7.05 Å². The minimum Gasteiger partial charge on any atom is -0.303 e. The van der Waals surface area contributed by atoms with Crippen LogP contribution in [0, 0.1) is 11.6 Å². The van der Waals surface area contributed by atoms with Gasteiger partial charge in [0.15, 0.2) is 11.6 Å². The minimum absolute atomic E-state index is 0.0903. The van der Waals surface area contributed by atoms with Crippen molar-refractivity contribution in [3.05, 3.63) is 34.3 Å². The molecular formula is C8H6F2N2O. The molecule has 0 saturated heterocycles. The van der Waals surface area contributed by atoms with Crippen LogP contribution < -0.4 is 5.69 Å². The summed E-state index contributed by atoms with van der Waals surface area (Å²) in [6.45, 7) is 0. The van der Waals surface area contributed by atoms with E-state index in [1.165, 1.54) is 17.7 Å². The van der Waals surface area contributed by atoms with Crippen molar-refractivity contribution >= 4 is 11.0 Å². The Bertz CT molecular complexity index is 527. The molecule has 3 nitrogen and oxygen atoms in total. The molecule has 0 saturated carbocycles. The van der Waals surface area contributed by atoms with Crippen molar-refractivity contribution in [3.8, 4) is 0 Å². The molecule has 0 bridgehead atoms. The highest BCUT2D eigenvalue weighted by atomic mass is 19.2. The molecule has 13 heavy (non-hydrogen) atoms. The number of nitrogens with zero attached hydrogens (tertiary/aromatic N) is 1. The summed E-state index contributed by atoms with van der Waals surface area (Å²) in [4.78, 5) is 13.2. The van der Waals surface area contributed by atoms with E-state index in [-0.39, 0.29) is 5.52 Å². The van der Waals surface area contributed by atoms with Gasteiger partial charge in [-0.2, -0.15) is 0 Å². The molecule has 5 heteroatoms. The number of aromatic amines is 1. The maximum Gasteiger partial charge on any atom is 0.326 e. The van der Waals surface area contributed by atoms with Gasteiger partial charge in [-0.05, 0) is 12.1 Å². The lowest BCUT2D eigenvalue weighted by molar-refractivity contribution is 0.515. The molecule has 68 valence electrons. The van der Waals surface area contributed by atoms with Gasteiger partial charge >= 0.3 is 5.69 Å². The van der Waals surface area contributed by atoms with Crippen molar-refractivity contribution in [1.82, 2.24) is 9.55 Å². The Hall–Kier alpha value is -1.65. The van der Waals surface area contributed by atoms with E-state index < -0.39 is 17.3 Å². The van der Waals surface area contributed by atoms with Crippen LogP contribution in [0.4, 0.5) is 8.78 Å².